The summed E-state index contributed by atoms with van der Waals surface area (Å²) in [4.78, 5) is 14.3. The SMILES string of the molecule is CC(C)CC(NC(=O)C1CCN(S(=O)(=O)c2ccc3c(c2)OCCO3)CC1)c1cccs1. The van der Waals surface area contributed by atoms with Crippen LogP contribution < -0.4 is 14.8 Å². The predicted molar refractivity (Wildman–Crippen MR) is 124 cm³/mol. The molecule has 0 bridgehead atoms. The zero-order chi connectivity index (χ0) is 22.7. The van der Waals surface area contributed by atoms with Gasteiger partial charge in [-0.1, -0.05) is 19.9 Å². The molecule has 2 aliphatic rings. The van der Waals surface area contributed by atoms with Gasteiger partial charge in [0.1, 0.15) is 13.2 Å². The Kier molecular flexibility index (Phi) is 7.07. The number of carbonyl (C=O) groups is 1. The van der Waals surface area contributed by atoms with E-state index in [1.807, 2.05) is 11.4 Å². The van der Waals surface area contributed by atoms with E-state index in [2.05, 4.69) is 25.2 Å². The second-order valence-electron chi connectivity index (χ2n) is 8.69. The summed E-state index contributed by atoms with van der Waals surface area (Å²) in [6.07, 6.45) is 1.90. The van der Waals surface area contributed by atoms with Crippen LogP contribution in [0.3, 0.4) is 0 Å². The Hall–Kier alpha value is -2.10. The van der Waals surface area contributed by atoms with Crippen molar-refractivity contribution in [3.63, 3.8) is 0 Å². The molecule has 1 saturated heterocycles. The maximum absolute atomic E-state index is 13.1. The van der Waals surface area contributed by atoms with Crippen LogP contribution in [0, 0.1) is 11.8 Å². The molecule has 0 saturated carbocycles. The summed E-state index contributed by atoms with van der Waals surface area (Å²) >= 11 is 1.65. The quantitative estimate of drug-likeness (QED) is 0.654. The molecule has 9 heteroatoms. The summed E-state index contributed by atoms with van der Waals surface area (Å²) in [6, 6.07) is 8.78. The monoisotopic (exact) mass is 478 g/mol. The van der Waals surface area contributed by atoms with Crippen LogP contribution in [-0.4, -0.2) is 44.9 Å². The highest BCUT2D eigenvalue weighted by Crippen LogP contribution is 2.34. The summed E-state index contributed by atoms with van der Waals surface area (Å²) in [5, 5.41) is 5.24. The molecule has 32 heavy (non-hydrogen) atoms. The zero-order valence-electron chi connectivity index (χ0n) is 18.5. The van der Waals surface area contributed by atoms with Crippen molar-refractivity contribution in [2.75, 3.05) is 26.3 Å². The second-order valence-corrected chi connectivity index (χ2v) is 11.6. The van der Waals surface area contributed by atoms with Crippen molar-refractivity contribution in [3.05, 3.63) is 40.6 Å². The van der Waals surface area contributed by atoms with E-state index >= 15 is 0 Å². The Morgan fingerprint density at radius 1 is 1.16 bits per heavy atom. The first kappa shape index (κ1) is 23.1. The molecule has 1 aromatic carbocycles. The minimum absolute atomic E-state index is 0.00183. The molecule has 4 rings (SSSR count). The van der Waals surface area contributed by atoms with Crippen molar-refractivity contribution in [3.8, 4) is 11.5 Å². The second kappa shape index (κ2) is 9.80. The van der Waals surface area contributed by atoms with Gasteiger partial charge in [-0.3, -0.25) is 4.79 Å². The molecule has 1 N–H and O–H groups in total. The molecule has 1 atom stereocenters. The summed E-state index contributed by atoms with van der Waals surface area (Å²) < 4.78 is 38.7. The highest BCUT2D eigenvalue weighted by molar-refractivity contribution is 7.89. The van der Waals surface area contributed by atoms with Gasteiger partial charge in [0.15, 0.2) is 11.5 Å². The molecule has 7 nitrogen and oxygen atoms in total. The topological polar surface area (TPSA) is 84.9 Å². The van der Waals surface area contributed by atoms with Gasteiger partial charge in [-0.05, 0) is 48.8 Å². The molecule has 2 aromatic rings. The zero-order valence-corrected chi connectivity index (χ0v) is 20.1. The number of rotatable bonds is 7. The highest BCUT2D eigenvalue weighted by atomic mass is 32.2. The highest BCUT2D eigenvalue weighted by Gasteiger charge is 2.33. The number of carbonyl (C=O) groups excluding carboxylic acids is 1. The van der Waals surface area contributed by atoms with Crippen molar-refractivity contribution in [1.82, 2.24) is 9.62 Å². The normalized spacial score (nSPS) is 18.5. The van der Waals surface area contributed by atoms with E-state index in [4.69, 9.17) is 9.47 Å². The van der Waals surface area contributed by atoms with Gasteiger partial charge >= 0.3 is 0 Å². The van der Waals surface area contributed by atoms with Gasteiger partial charge in [0.25, 0.3) is 0 Å². The fourth-order valence-corrected chi connectivity index (χ4v) is 6.46. The average molecular weight is 479 g/mol. The predicted octanol–water partition coefficient (Wildman–Crippen LogP) is 3.82. The Labute approximate surface area is 193 Å². The minimum atomic E-state index is -3.65. The van der Waals surface area contributed by atoms with Gasteiger partial charge in [0, 0.05) is 30.0 Å². The van der Waals surface area contributed by atoms with Crippen LogP contribution in [0.5, 0.6) is 11.5 Å². The van der Waals surface area contributed by atoms with Gasteiger partial charge in [0.05, 0.1) is 10.9 Å². The van der Waals surface area contributed by atoms with Crippen LogP contribution >= 0.6 is 11.3 Å². The summed E-state index contributed by atoms with van der Waals surface area (Å²) in [5.74, 6) is 1.31. The number of fused-ring (bicyclic) bond motifs is 1. The first-order valence-electron chi connectivity index (χ1n) is 11.1. The van der Waals surface area contributed by atoms with Crippen LogP contribution in [0.2, 0.25) is 0 Å². The number of piperidine rings is 1. The molecular formula is C23H30N2O5S2. The Morgan fingerprint density at radius 3 is 2.53 bits per heavy atom. The molecule has 1 fully saturated rings. The van der Waals surface area contributed by atoms with Crippen molar-refractivity contribution in [1.29, 1.82) is 0 Å². The number of hydrogen-bond donors (Lipinski definition) is 1. The first-order chi connectivity index (χ1) is 15.3. The van der Waals surface area contributed by atoms with Crippen LogP contribution in [0.15, 0.2) is 40.6 Å². The Bertz CT molecular complexity index is 1030. The van der Waals surface area contributed by atoms with Gasteiger partial charge < -0.3 is 14.8 Å². The third-order valence-electron chi connectivity index (χ3n) is 5.89. The van der Waals surface area contributed by atoms with Crippen LogP contribution in [0.25, 0.3) is 0 Å². The molecule has 3 heterocycles. The van der Waals surface area contributed by atoms with Crippen molar-refractivity contribution in [2.24, 2.45) is 11.8 Å². The van der Waals surface area contributed by atoms with Crippen LogP contribution in [0.4, 0.5) is 0 Å². The lowest BCUT2D eigenvalue weighted by molar-refractivity contribution is -0.127. The average Bonchev–Trinajstić information content (AvgIpc) is 3.33. The summed E-state index contributed by atoms with van der Waals surface area (Å²) in [7, 11) is -3.65. The maximum Gasteiger partial charge on any atom is 0.243 e. The molecule has 0 aliphatic carbocycles. The number of amides is 1. The van der Waals surface area contributed by atoms with E-state index in [1.54, 1.807) is 23.5 Å². The van der Waals surface area contributed by atoms with Gasteiger partial charge in [-0.25, -0.2) is 8.42 Å². The maximum atomic E-state index is 13.1. The number of hydrogen-bond acceptors (Lipinski definition) is 6. The van der Waals surface area contributed by atoms with Crippen LogP contribution in [0.1, 0.15) is 44.0 Å². The van der Waals surface area contributed by atoms with E-state index in [1.165, 1.54) is 10.4 Å². The molecule has 174 valence electrons. The third-order valence-corrected chi connectivity index (χ3v) is 8.77. The van der Waals surface area contributed by atoms with E-state index in [9.17, 15) is 13.2 Å². The smallest absolute Gasteiger partial charge is 0.243 e. The third kappa shape index (κ3) is 5.10. The van der Waals surface area contributed by atoms with Crippen molar-refractivity contribution < 1.29 is 22.7 Å². The van der Waals surface area contributed by atoms with Gasteiger partial charge in [-0.2, -0.15) is 4.31 Å². The summed E-state index contributed by atoms with van der Waals surface area (Å²) in [5.41, 5.74) is 0. The molecular weight excluding hydrogens is 448 g/mol. The molecule has 2 aliphatic heterocycles. The Balaban J connectivity index is 1.38. The number of sulfonamides is 1. The molecule has 0 spiro atoms. The van der Waals surface area contributed by atoms with Crippen molar-refractivity contribution in [2.45, 2.75) is 44.0 Å². The molecule has 0 radical (unpaired) electrons. The number of ether oxygens (including phenoxy) is 2. The van der Waals surface area contributed by atoms with Gasteiger partial charge in [-0.15, -0.1) is 11.3 Å². The lowest BCUT2D eigenvalue weighted by Gasteiger charge is -2.32. The molecule has 1 aromatic heterocycles. The number of nitrogens with zero attached hydrogens (tertiary/aromatic N) is 1. The largest absolute Gasteiger partial charge is 0.486 e. The molecule has 1 amide bonds. The van der Waals surface area contributed by atoms with Crippen molar-refractivity contribution >= 4 is 27.3 Å². The van der Waals surface area contributed by atoms with E-state index in [-0.39, 0.29) is 22.8 Å². The van der Waals surface area contributed by atoms with Crippen LogP contribution in [-0.2, 0) is 14.8 Å². The Morgan fingerprint density at radius 2 is 1.88 bits per heavy atom. The standard InChI is InChI=1S/C23H30N2O5S2/c1-16(2)14-19(22-4-3-13-31-22)24-23(26)17-7-9-25(10-8-17)32(27,28)18-5-6-20-21(15-18)30-12-11-29-20/h3-6,13,15-17,19H,7-12,14H2,1-2H3,(H,24,26). The fourth-order valence-electron chi connectivity index (χ4n) is 4.19. The number of benzene rings is 1. The van der Waals surface area contributed by atoms with E-state index in [0.717, 1.165) is 11.3 Å². The molecule has 1 unspecified atom stereocenters. The lowest BCUT2D eigenvalue weighted by atomic mass is 9.95. The number of nitrogens with one attached hydrogen (secondary N) is 1. The summed E-state index contributed by atoms with van der Waals surface area (Å²) in [6.45, 7) is 5.80. The minimum Gasteiger partial charge on any atom is -0.486 e. The lowest BCUT2D eigenvalue weighted by Crippen LogP contribution is -2.43. The van der Waals surface area contributed by atoms with E-state index in [0.29, 0.717) is 56.6 Å². The first-order valence-corrected chi connectivity index (χ1v) is 13.4. The number of thiophene rings is 1. The van der Waals surface area contributed by atoms with Gasteiger partial charge in [0.2, 0.25) is 15.9 Å². The van der Waals surface area contributed by atoms with E-state index < -0.39 is 10.0 Å². The fraction of sp³-hybridized carbons (Fsp3) is 0.522.